The Morgan fingerprint density at radius 1 is 1.25 bits per heavy atom. The van der Waals surface area contributed by atoms with E-state index in [0.29, 0.717) is 17.8 Å². The van der Waals surface area contributed by atoms with E-state index in [-0.39, 0.29) is 30.0 Å². The molecule has 1 aliphatic rings. The topological polar surface area (TPSA) is 56.7 Å². The van der Waals surface area contributed by atoms with Crippen LogP contribution >= 0.6 is 24.0 Å². The van der Waals surface area contributed by atoms with Crippen LogP contribution in [0.25, 0.3) is 0 Å². The number of hydrogen-bond donors (Lipinski definition) is 2. The van der Waals surface area contributed by atoms with E-state index in [1.165, 1.54) is 5.56 Å². The summed E-state index contributed by atoms with van der Waals surface area (Å²) >= 11 is 0. The van der Waals surface area contributed by atoms with Crippen molar-refractivity contribution in [1.82, 2.24) is 15.5 Å². The van der Waals surface area contributed by atoms with Crippen LogP contribution in [-0.2, 0) is 10.8 Å². The van der Waals surface area contributed by atoms with E-state index in [0.717, 1.165) is 43.9 Å². The standard InChI is InChI=1S/C21H36N4OS.HI/c1-5-22-21(24-18-13-10-14-19(15-18)27(26)6-2)23-16-20(25(3)4)17-11-8-7-9-12-17;/h7-9,11-12,18-20H,5-6,10,13-16H2,1-4H3,(H2,22,23,24);1H. The Labute approximate surface area is 190 Å². The molecule has 0 radical (unpaired) electrons. The van der Waals surface area contributed by atoms with Crippen LogP contribution in [0.15, 0.2) is 35.3 Å². The molecule has 7 heteroatoms. The van der Waals surface area contributed by atoms with Crippen LogP contribution in [0, 0.1) is 0 Å². The van der Waals surface area contributed by atoms with Crippen molar-refractivity contribution in [2.45, 2.75) is 56.9 Å². The van der Waals surface area contributed by atoms with E-state index < -0.39 is 10.8 Å². The minimum atomic E-state index is -0.702. The maximum Gasteiger partial charge on any atom is 0.191 e. The first-order valence-electron chi connectivity index (χ1n) is 10.2. The summed E-state index contributed by atoms with van der Waals surface area (Å²) in [6.07, 6.45) is 4.32. The van der Waals surface area contributed by atoms with Gasteiger partial charge in [0.1, 0.15) is 0 Å². The second kappa shape index (κ2) is 13.5. The lowest BCUT2D eigenvalue weighted by molar-refractivity contribution is 0.306. The third-order valence-corrected chi connectivity index (χ3v) is 6.94. The molecule has 28 heavy (non-hydrogen) atoms. The number of likely N-dealkylation sites (N-methyl/N-ethyl adjacent to an activating group) is 1. The van der Waals surface area contributed by atoms with Crippen LogP contribution in [0.1, 0.15) is 51.1 Å². The second-order valence-electron chi connectivity index (χ2n) is 7.41. The lowest BCUT2D eigenvalue weighted by Gasteiger charge is -2.30. The van der Waals surface area contributed by atoms with Crippen LogP contribution in [0.2, 0.25) is 0 Å². The molecule has 1 aromatic carbocycles. The smallest absolute Gasteiger partial charge is 0.191 e. The average Bonchev–Trinajstić information content (AvgIpc) is 2.68. The molecule has 0 amide bonds. The third-order valence-electron chi connectivity index (χ3n) is 5.20. The van der Waals surface area contributed by atoms with Crippen molar-refractivity contribution in [3.8, 4) is 0 Å². The SMILES string of the molecule is CCNC(=NCC(c1ccccc1)N(C)C)NC1CCCC(S(=O)CC)C1.I. The van der Waals surface area contributed by atoms with Crippen LogP contribution in [0.5, 0.6) is 0 Å². The van der Waals surface area contributed by atoms with Crippen molar-refractivity contribution in [3.05, 3.63) is 35.9 Å². The predicted octanol–water partition coefficient (Wildman–Crippen LogP) is 3.54. The molecule has 2 N–H and O–H groups in total. The Balaban J connectivity index is 0.00000392. The van der Waals surface area contributed by atoms with E-state index in [1.807, 2.05) is 13.0 Å². The highest BCUT2D eigenvalue weighted by atomic mass is 127. The molecule has 5 nitrogen and oxygen atoms in total. The van der Waals surface area contributed by atoms with Crippen molar-refractivity contribution in [1.29, 1.82) is 0 Å². The Kier molecular flexibility index (Phi) is 12.3. The number of halogens is 1. The number of hydrogen-bond acceptors (Lipinski definition) is 3. The lowest BCUT2D eigenvalue weighted by Crippen LogP contribution is -2.47. The number of rotatable bonds is 8. The zero-order valence-electron chi connectivity index (χ0n) is 17.7. The number of benzene rings is 1. The molecule has 0 aliphatic heterocycles. The highest BCUT2D eigenvalue weighted by Gasteiger charge is 2.26. The lowest BCUT2D eigenvalue weighted by atomic mass is 9.95. The molecule has 1 fully saturated rings. The summed E-state index contributed by atoms with van der Waals surface area (Å²) in [6.45, 7) is 5.64. The minimum absolute atomic E-state index is 0. The van der Waals surface area contributed by atoms with Crippen LogP contribution in [-0.4, -0.2) is 59.3 Å². The van der Waals surface area contributed by atoms with Gasteiger partial charge in [0, 0.05) is 34.4 Å². The quantitative estimate of drug-likeness (QED) is 0.313. The van der Waals surface area contributed by atoms with Gasteiger partial charge < -0.3 is 15.5 Å². The van der Waals surface area contributed by atoms with Gasteiger partial charge in [-0.25, -0.2) is 0 Å². The second-order valence-corrected chi connectivity index (χ2v) is 9.41. The summed E-state index contributed by atoms with van der Waals surface area (Å²) < 4.78 is 12.2. The Hall–Kier alpha value is -0.670. The monoisotopic (exact) mass is 520 g/mol. The van der Waals surface area contributed by atoms with Crippen molar-refractivity contribution in [3.63, 3.8) is 0 Å². The summed E-state index contributed by atoms with van der Waals surface area (Å²) in [5.74, 6) is 1.63. The zero-order valence-corrected chi connectivity index (χ0v) is 20.8. The van der Waals surface area contributed by atoms with Gasteiger partial charge in [-0.15, -0.1) is 24.0 Å². The molecule has 0 saturated heterocycles. The summed E-state index contributed by atoms with van der Waals surface area (Å²) in [5, 5.41) is 7.30. The molecule has 0 spiro atoms. The molecule has 0 bridgehead atoms. The van der Waals surface area contributed by atoms with E-state index in [9.17, 15) is 4.21 Å². The number of aliphatic imine (C=N–C) groups is 1. The molecule has 4 unspecified atom stereocenters. The highest BCUT2D eigenvalue weighted by Crippen LogP contribution is 2.23. The van der Waals surface area contributed by atoms with Gasteiger partial charge in [-0.3, -0.25) is 9.20 Å². The van der Waals surface area contributed by atoms with Gasteiger partial charge in [0.15, 0.2) is 5.96 Å². The first-order valence-corrected chi connectivity index (χ1v) is 11.6. The van der Waals surface area contributed by atoms with Crippen LogP contribution < -0.4 is 10.6 Å². The minimum Gasteiger partial charge on any atom is -0.357 e. The summed E-state index contributed by atoms with van der Waals surface area (Å²) in [5.41, 5.74) is 1.28. The molecular weight excluding hydrogens is 483 g/mol. The van der Waals surface area contributed by atoms with Gasteiger partial charge in [-0.05, 0) is 45.8 Å². The first-order chi connectivity index (χ1) is 13.0. The number of guanidine groups is 1. The molecule has 160 valence electrons. The third kappa shape index (κ3) is 7.99. The molecule has 1 saturated carbocycles. The van der Waals surface area contributed by atoms with Crippen LogP contribution in [0.4, 0.5) is 0 Å². The van der Waals surface area contributed by atoms with Gasteiger partial charge in [-0.1, -0.05) is 43.7 Å². The fourth-order valence-corrected chi connectivity index (χ4v) is 5.03. The molecule has 4 atom stereocenters. The van der Waals surface area contributed by atoms with Crippen molar-refractivity contribution < 1.29 is 4.21 Å². The first kappa shape index (κ1) is 25.4. The average molecular weight is 521 g/mol. The molecule has 1 aromatic rings. The van der Waals surface area contributed by atoms with E-state index in [4.69, 9.17) is 4.99 Å². The molecule has 0 aromatic heterocycles. The van der Waals surface area contributed by atoms with Gasteiger partial charge >= 0.3 is 0 Å². The van der Waals surface area contributed by atoms with Crippen molar-refractivity contribution >= 4 is 40.7 Å². The van der Waals surface area contributed by atoms with Gasteiger partial charge in [-0.2, -0.15) is 0 Å². The fourth-order valence-electron chi connectivity index (χ4n) is 3.68. The molecular formula is C21H37IN4OS. The Morgan fingerprint density at radius 3 is 2.57 bits per heavy atom. The Morgan fingerprint density at radius 2 is 1.96 bits per heavy atom. The Bertz CT molecular complexity index is 612. The normalized spacial score (nSPS) is 22.2. The van der Waals surface area contributed by atoms with Crippen molar-refractivity contribution in [2.75, 3.05) is 32.9 Å². The summed E-state index contributed by atoms with van der Waals surface area (Å²) in [4.78, 5) is 7.08. The summed E-state index contributed by atoms with van der Waals surface area (Å²) in [6, 6.07) is 11.1. The van der Waals surface area contributed by atoms with Gasteiger partial charge in [0.2, 0.25) is 0 Å². The van der Waals surface area contributed by atoms with E-state index in [2.05, 4.69) is 60.8 Å². The van der Waals surface area contributed by atoms with Gasteiger partial charge in [0.05, 0.1) is 12.6 Å². The molecule has 0 heterocycles. The number of nitrogens with zero attached hydrogens (tertiary/aromatic N) is 2. The fraction of sp³-hybridized carbons (Fsp3) is 0.667. The molecule has 1 aliphatic carbocycles. The maximum absolute atomic E-state index is 12.2. The number of nitrogens with one attached hydrogen (secondary N) is 2. The van der Waals surface area contributed by atoms with E-state index in [1.54, 1.807) is 0 Å². The van der Waals surface area contributed by atoms with Gasteiger partial charge in [0.25, 0.3) is 0 Å². The zero-order chi connectivity index (χ0) is 19.6. The maximum atomic E-state index is 12.2. The highest BCUT2D eigenvalue weighted by molar-refractivity contribution is 14.0. The van der Waals surface area contributed by atoms with Crippen molar-refractivity contribution in [2.24, 2.45) is 4.99 Å². The largest absolute Gasteiger partial charge is 0.357 e. The summed E-state index contributed by atoms with van der Waals surface area (Å²) in [7, 11) is 3.49. The predicted molar refractivity (Wildman–Crippen MR) is 132 cm³/mol. The molecule has 2 rings (SSSR count). The van der Waals surface area contributed by atoms with Crippen LogP contribution in [0.3, 0.4) is 0 Å². The van der Waals surface area contributed by atoms with E-state index >= 15 is 0 Å².